The number of carbonyl (C=O) groups excluding carboxylic acids is 1. The van der Waals surface area contributed by atoms with E-state index in [1.807, 2.05) is 0 Å². The number of anilines is 1. The van der Waals surface area contributed by atoms with Gasteiger partial charge in [-0.1, -0.05) is 90.9 Å². The van der Waals surface area contributed by atoms with E-state index in [-0.39, 0.29) is 11.3 Å². The van der Waals surface area contributed by atoms with E-state index in [9.17, 15) is 4.79 Å². The Balaban J connectivity index is 2.08. The molecule has 2 aromatic rings. The third-order valence-electron chi connectivity index (χ3n) is 5.10. The van der Waals surface area contributed by atoms with Crippen LogP contribution in [0.25, 0.3) is 0 Å². The highest BCUT2D eigenvalue weighted by molar-refractivity contribution is 5.92. The predicted molar refractivity (Wildman–Crippen MR) is 117 cm³/mol. The molecule has 2 nitrogen and oxygen atoms in total. The predicted octanol–water partition coefficient (Wildman–Crippen LogP) is 6.80. The van der Waals surface area contributed by atoms with Crippen LogP contribution in [-0.4, -0.2) is 5.91 Å². The lowest BCUT2D eigenvalue weighted by Crippen LogP contribution is -2.16. The fourth-order valence-electron chi connectivity index (χ4n) is 3.33. The van der Waals surface area contributed by atoms with Crippen LogP contribution >= 0.6 is 0 Å². The molecule has 0 aromatic heterocycles. The van der Waals surface area contributed by atoms with Gasteiger partial charge in [-0.05, 0) is 45.9 Å². The summed E-state index contributed by atoms with van der Waals surface area (Å²) in [5.41, 5.74) is 6.12. The Kier molecular flexibility index (Phi) is 6.86. The fourth-order valence-corrected chi connectivity index (χ4v) is 3.33. The average molecular weight is 366 g/mol. The van der Waals surface area contributed by atoms with Crippen molar-refractivity contribution in [3.05, 3.63) is 64.7 Å². The molecule has 2 aromatic carbocycles. The first-order valence-electron chi connectivity index (χ1n) is 10.1. The van der Waals surface area contributed by atoms with Crippen LogP contribution in [0.1, 0.15) is 89.0 Å². The number of amides is 1. The Morgan fingerprint density at radius 1 is 0.889 bits per heavy atom. The summed E-state index contributed by atoms with van der Waals surface area (Å²) in [6.07, 6.45) is 1.26. The van der Waals surface area contributed by atoms with Gasteiger partial charge in [0.15, 0.2) is 0 Å². The Morgan fingerprint density at radius 3 is 1.85 bits per heavy atom. The van der Waals surface area contributed by atoms with Crippen molar-refractivity contribution in [1.82, 2.24) is 0 Å². The van der Waals surface area contributed by atoms with Crippen LogP contribution in [0.5, 0.6) is 0 Å². The third-order valence-corrected chi connectivity index (χ3v) is 5.10. The van der Waals surface area contributed by atoms with Crippen molar-refractivity contribution in [1.29, 1.82) is 0 Å². The van der Waals surface area contributed by atoms with E-state index in [0.29, 0.717) is 18.3 Å². The monoisotopic (exact) mass is 365 g/mol. The molecule has 1 amide bonds. The van der Waals surface area contributed by atoms with Gasteiger partial charge in [-0.15, -0.1) is 0 Å². The Labute approximate surface area is 165 Å². The molecule has 0 bridgehead atoms. The van der Waals surface area contributed by atoms with Crippen molar-refractivity contribution in [2.24, 2.45) is 0 Å². The molecule has 1 N–H and O–H groups in total. The van der Waals surface area contributed by atoms with Crippen LogP contribution in [0.4, 0.5) is 5.69 Å². The van der Waals surface area contributed by atoms with Crippen LogP contribution in [0.15, 0.2) is 42.5 Å². The minimum absolute atomic E-state index is 0.0879. The molecule has 0 saturated heterocycles. The lowest BCUT2D eigenvalue weighted by molar-refractivity contribution is -0.116. The number of benzene rings is 2. The zero-order valence-corrected chi connectivity index (χ0v) is 18.0. The van der Waals surface area contributed by atoms with Crippen molar-refractivity contribution in [2.45, 2.75) is 78.6 Å². The zero-order valence-electron chi connectivity index (χ0n) is 18.0. The molecule has 0 saturated carbocycles. The number of aryl methyl sites for hydroxylation is 1. The second-order valence-corrected chi connectivity index (χ2v) is 9.12. The normalized spacial score (nSPS) is 11.9. The topological polar surface area (TPSA) is 29.1 Å². The third kappa shape index (κ3) is 5.69. The van der Waals surface area contributed by atoms with E-state index in [4.69, 9.17) is 0 Å². The van der Waals surface area contributed by atoms with E-state index >= 15 is 0 Å². The van der Waals surface area contributed by atoms with Gasteiger partial charge in [0.1, 0.15) is 0 Å². The van der Waals surface area contributed by atoms with E-state index in [0.717, 1.165) is 12.1 Å². The molecule has 0 heterocycles. The Bertz CT molecular complexity index is 738. The molecule has 27 heavy (non-hydrogen) atoms. The van der Waals surface area contributed by atoms with Crippen molar-refractivity contribution in [3.63, 3.8) is 0 Å². The van der Waals surface area contributed by atoms with Crippen LogP contribution in [0, 0.1) is 0 Å². The molecular formula is C25H35NO. The summed E-state index contributed by atoms with van der Waals surface area (Å²) in [4.78, 5) is 12.7. The molecule has 0 aliphatic heterocycles. The second kappa shape index (κ2) is 8.73. The molecule has 0 atom stereocenters. The van der Waals surface area contributed by atoms with Gasteiger partial charge in [-0.25, -0.2) is 0 Å². The molecular weight excluding hydrogens is 330 g/mol. The van der Waals surface area contributed by atoms with E-state index in [1.165, 1.54) is 22.3 Å². The standard InChI is InChI=1S/C25H35NO/c1-17(2)21-9-8-10-22(18(3)4)24(21)26-23(27)16-13-19-11-14-20(15-12-19)25(5,6)7/h8-12,14-15,17-18H,13,16H2,1-7H3,(H,26,27). The number of nitrogens with one attached hydrogen (secondary N) is 1. The summed E-state index contributed by atoms with van der Waals surface area (Å²) in [6.45, 7) is 15.3. The van der Waals surface area contributed by atoms with Crippen LogP contribution in [0.2, 0.25) is 0 Å². The number of hydrogen-bond donors (Lipinski definition) is 1. The van der Waals surface area contributed by atoms with Crippen molar-refractivity contribution in [3.8, 4) is 0 Å². The van der Waals surface area contributed by atoms with Gasteiger partial charge in [0.2, 0.25) is 5.91 Å². The van der Waals surface area contributed by atoms with Crippen LogP contribution < -0.4 is 5.32 Å². The minimum Gasteiger partial charge on any atom is -0.326 e. The van der Waals surface area contributed by atoms with Gasteiger partial charge in [0.25, 0.3) is 0 Å². The number of hydrogen-bond acceptors (Lipinski definition) is 1. The summed E-state index contributed by atoms with van der Waals surface area (Å²) in [7, 11) is 0. The van der Waals surface area contributed by atoms with Crippen LogP contribution in [-0.2, 0) is 16.6 Å². The summed E-state index contributed by atoms with van der Waals surface area (Å²) in [5.74, 6) is 0.845. The van der Waals surface area contributed by atoms with Crippen molar-refractivity contribution < 1.29 is 4.79 Å². The number of rotatable bonds is 6. The summed E-state index contributed by atoms with van der Waals surface area (Å²) < 4.78 is 0. The first-order valence-corrected chi connectivity index (χ1v) is 10.1. The molecule has 2 heteroatoms. The van der Waals surface area contributed by atoms with Gasteiger partial charge in [0, 0.05) is 12.1 Å². The average Bonchev–Trinajstić information content (AvgIpc) is 2.59. The molecule has 2 rings (SSSR count). The maximum absolute atomic E-state index is 12.7. The van der Waals surface area contributed by atoms with Gasteiger partial charge in [-0.3, -0.25) is 4.79 Å². The molecule has 0 fully saturated rings. The van der Waals surface area contributed by atoms with Crippen molar-refractivity contribution in [2.75, 3.05) is 5.32 Å². The zero-order chi connectivity index (χ0) is 20.2. The molecule has 0 aliphatic rings. The molecule has 0 radical (unpaired) electrons. The highest BCUT2D eigenvalue weighted by Crippen LogP contribution is 2.32. The molecule has 0 aliphatic carbocycles. The van der Waals surface area contributed by atoms with Crippen molar-refractivity contribution >= 4 is 11.6 Å². The second-order valence-electron chi connectivity index (χ2n) is 9.12. The quantitative estimate of drug-likeness (QED) is 0.599. The fraction of sp³-hybridized carbons (Fsp3) is 0.480. The lowest BCUT2D eigenvalue weighted by atomic mass is 9.86. The van der Waals surface area contributed by atoms with E-state index in [2.05, 4.69) is 96.2 Å². The van der Waals surface area contributed by atoms with Gasteiger partial charge < -0.3 is 5.32 Å². The summed E-state index contributed by atoms with van der Waals surface area (Å²) in [5, 5.41) is 3.21. The maximum Gasteiger partial charge on any atom is 0.224 e. The molecule has 0 spiro atoms. The molecule has 146 valence electrons. The number of carbonyl (C=O) groups is 1. The molecule has 0 unspecified atom stereocenters. The summed E-state index contributed by atoms with van der Waals surface area (Å²) >= 11 is 0. The summed E-state index contributed by atoms with van der Waals surface area (Å²) in [6, 6.07) is 15.0. The highest BCUT2D eigenvalue weighted by atomic mass is 16.1. The first kappa shape index (κ1) is 21.2. The lowest BCUT2D eigenvalue weighted by Gasteiger charge is -2.20. The van der Waals surface area contributed by atoms with Crippen LogP contribution in [0.3, 0.4) is 0 Å². The van der Waals surface area contributed by atoms with Gasteiger partial charge in [-0.2, -0.15) is 0 Å². The largest absolute Gasteiger partial charge is 0.326 e. The Hall–Kier alpha value is -2.09. The Morgan fingerprint density at radius 2 is 1.41 bits per heavy atom. The maximum atomic E-state index is 12.7. The number of para-hydroxylation sites is 1. The SMILES string of the molecule is CC(C)c1cccc(C(C)C)c1NC(=O)CCc1ccc(C(C)(C)C)cc1. The smallest absolute Gasteiger partial charge is 0.224 e. The van der Waals surface area contributed by atoms with Gasteiger partial charge >= 0.3 is 0 Å². The van der Waals surface area contributed by atoms with E-state index in [1.54, 1.807) is 0 Å². The van der Waals surface area contributed by atoms with Gasteiger partial charge in [0.05, 0.1) is 0 Å². The highest BCUT2D eigenvalue weighted by Gasteiger charge is 2.16. The first-order chi connectivity index (χ1) is 12.6. The minimum atomic E-state index is 0.0879. The van der Waals surface area contributed by atoms with E-state index < -0.39 is 0 Å².